The number of nitrogens with zero attached hydrogens (tertiary/aromatic N) is 1. The van der Waals surface area contributed by atoms with Crippen LogP contribution in [0.5, 0.6) is 5.75 Å². The molecule has 0 spiro atoms. The van der Waals surface area contributed by atoms with Crippen LogP contribution in [0.15, 0.2) is 28.7 Å². The molecule has 0 aliphatic carbocycles. The number of hydrogen-bond donors (Lipinski definition) is 0. The first-order chi connectivity index (χ1) is 6.72. The summed E-state index contributed by atoms with van der Waals surface area (Å²) in [5.41, 5.74) is 0.831. The Morgan fingerprint density at radius 2 is 2.21 bits per heavy atom. The van der Waals surface area contributed by atoms with Crippen molar-refractivity contribution in [1.29, 1.82) is 0 Å². The van der Waals surface area contributed by atoms with Crippen LogP contribution >= 0.6 is 27.5 Å². The van der Waals surface area contributed by atoms with E-state index < -0.39 is 0 Å². The molecule has 0 bridgehead atoms. The SMILES string of the molecule is COc1cccc2nc(Cl)c(Br)cc12. The molecule has 0 fully saturated rings. The molecule has 2 rings (SSSR count). The van der Waals surface area contributed by atoms with Crippen LogP contribution in [0.4, 0.5) is 0 Å². The highest BCUT2D eigenvalue weighted by Gasteiger charge is 2.05. The zero-order chi connectivity index (χ0) is 10.1. The van der Waals surface area contributed by atoms with Crippen molar-refractivity contribution in [3.8, 4) is 5.75 Å². The number of hydrogen-bond acceptors (Lipinski definition) is 2. The molecule has 0 aliphatic heterocycles. The molecule has 72 valence electrons. The van der Waals surface area contributed by atoms with Crippen molar-refractivity contribution in [2.45, 2.75) is 0 Å². The third kappa shape index (κ3) is 1.57. The van der Waals surface area contributed by atoms with Crippen LogP contribution in [0.1, 0.15) is 0 Å². The van der Waals surface area contributed by atoms with Crippen molar-refractivity contribution >= 4 is 38.4 Å². The topological polar surface area (TPSA) is 22.1 Å². The number of fused-ring (bicyclic) bond motifs is 1. The minimum absolute atomic E-state index is 0.464. The molecule has 1 aromatic carbocycles. The Labute approximate surface area is 95.0 Å². The monoisotopic (exact) mass is 271 g/mol. The van der Waals surface area contributed by atoms with Gasteiger partial charge in [0.1, 0.15) is 10.9 Å². The predicted molar refractivity (Wildman–Crippen MR) is 61.0 cm³/mol. The lowest BCUT2D eigenvalue weighted by atomic mass is 10.2. The molecule has 4 heteroatoms. The highest BCUT2D eigenvalue weighted by atomic mass is 79.9. The first kappa shape index (κ1) is 9.74. The number of benzene rings is 1. The van der Waals surface area contributed by atoms with E-state index in [1.54, 1.807) is 7.11 Å². The van der Waals surface area contributed by atoms with Crippen LogP contribution in [0.25, 0.3) is 10.9 Å². The van der Waals surface area contributed by atoms with E-state index in [-0.39, 0.29) is 0 Å². The summed E-state index contributed by atoms with van der Waals surface area (Å²) in [6, 6.07) is 7.59. The van der Waals surface area contributed by atoms with Gasteiger partial charge in [-0.2, -0.15) is 0 Å². The van der Waals surface area contributed by atoms with E-state index in [0.717, 1.165) is 21.1 Å². The summed E-state index contributed by atoms with van der Waals surface area (Å²) < 4.78 is 5.99. The van der Waals surface area contributed by atoms with Gasteiger partial charge in [0.05, 0.1) is 17.1 Å². The number of rotatable bonds is 1. The van der Waals surface area contributed by atoms with Gasteiger partial charge in [0, 0.05) is 5.39 Å². The third-order valence-corrected chi connectivity index (χ3v) is 3.07. The molecule has 0 atom stereocenters. The molecular formula is C10H7BrClNO. The highest BCUT2D eigenvalue weighted by Crippen LogP contribution is 2.30. The highest BCUT2D eigenvalue weighted by molar-refractivity contribution is 9.10. The molecule has 0 saturated carbocycles. The van der Waals surface area contributed by atoms with Crippen molar-refractivity contribution in [1.82, 2.24) is 4.98 Å². The molecule has 0 unspecified atom stereocenters. The van der Waals surface area contributed by atoms with Crippen LogP contribution in [-0.4, -0.2) is 12.1 Å². The van der Waals surface area contributed by atoms with Gasteiger partial charge in [-0.25, -0.2) is 4.98 Å². The van der Waals surface area contributed by atoms with Crippen LogP contribution < -0.4 is 4.74 Å². The fraction of sp³-hybridized carbons (Fsp3) is 0.100. The molecular weight excluding hydrogens is 265 g/mol. The Morgan fingerprint density at radius 3 is 2.93 bits per heavy atom. The maximum absolute atomic E-state index is 5.88. The average Bonchev–Trinajstić information content (AvgIpc) is 2.19. The smallest absolute Gasteiger partial charge is 0.143 e. The van der Waals surface area contributed by atoms with E-state index >= 15 is 0 Å². The molecule has 0 saturated heterocycles. The van der Waals surface area contributed by atoms with E-state index in [9.17, 15) is 0 Å². The molecule has 0 radical (unpaired) electrons. The summed E-state index contributed by atoms with van der Waals surface area (Å²) in [7, 11) is 1.64. The Morgan fingerprint density at radius 1 is 1.43 bits per heavy atom. The van der Waals surface area contributed by atoms with Crippen LogP contribution in [-0.2, 0) is 0 Å². The molecule has 1 aromatic heterocycles. The lowest BCUT2D eigenvalue weighted by Crippen LogP contribution is -1.87. The van der Waals surface area contributed by atoms with Gasteiger partial charge in [0.25, 0.3) is 0 Å². The summed E-state index contributed by atoms with van der Waals surface area (Å²) in [5, 5.41) is 1.41. The fourth-order valence-corrected chi connectivity index (χ4v) is 1.76. The summed E-state index contributed by atoms with van der Waals surface area (Å²) in [5.74, 6) is 0.798. The van der Waals surface area contributed by atoms with Crippen LogP contribution in [0.2, 0.25) is 5.15 Å². The Balaban J connectivity index is 2.81. The summed E-state index contributed by atoms with van der Waals surface area (Å²) in [4.78, 5) is 4.22. The minimum Gasteiger partial charge on any atom is -0.496 e. The number of halogens is 2. The van der Waals surface area contributed by atoms with Crippen molar-refractivity contribution in [2.24, 2.45) is 0 Å². The molecule has 2 nitrogen and oxygen atoms in total. The quantitative estimate of drug-likeness (QED) is 0.739. The zero-order valence-electron chi connectivity index (χ0n) is 7.42. The number of aromatic nitrogens is 1. The number of pyridine rings is 1. The predicted octanol–water partition coefficient (Wildman–Crippen LogP) is 3.66. The largest absolute Gasteiger partial charge is 0.496 e. The Kier molecular flexibility index (Phi) is 2.61. The van der Waals surface area contributed by atoms with Gasteiger partial charge in [-0.3, -0.25) is 0 Å². The summed E-state index contributed by atoms with van der Waals surface area (Å²) in [6.45, 7) is 0. The third-order valence-electron chi connectivity index (χ3n) is 1.95. The first-order valence-corrected chi connectivity index (χ1v) is 5.18. The fourth-order valence-electron chi connectivity index (χ4n) is 1.30. The van der Waals surface area contributed by atoms with Gasteiger partial charge in [-0.05, 0) is 34.1 Å². The Bertz CT molecular complexity index is 487. The van der Waals surface area contributed by atoms with Crippen molar-refractivity contribution < 1.29 is 4.74 Å². The van der Waals surface area contributed by atoms with E-state index in [0.29, 0.717) is 5.15 Å². The van der Waals surface area contributed by atoms with Crippen LogP contribution in [0, 0.1) is 0 Å². The van der Waals surface area contributed by atoms with Gasteiger partial charge in [-0.1, -0.05) is 17.7 Å². The second-order valence-corrected chi connectivity index (χ2v) is 4.00. The maximum Gasteiger partial charge on any atom is 0.143 e. The lowest BCUT2D eigenvalue weighted by molar-refractivity contribution is 0.419. The molecule has 0 aliphatic rings. The van der Waals surface area contributed by atoms with E-state index in [1.165, 1.54) is 0 Å². The van der Waals surface area contributed by atoms with Gasteiger partial charge in [0.2, 0.25) is 0 Å². The van der Waals surface area contributed by atoms with Gasteiger partial charge in [-0.15, -0.1) is 0 Å². The van der Waals surface area contributed by atoms with E-state index in [4.69, 9.17) is 16.3 Å². The van der Waals surface area contributed by atoms with Gasteiger partial charge >= 0.3 is 0 Å². The first-order valence-electron chi connectivity index (χ1n) is 4.01. The second kappa shape index (κ2) is 3.75. The summed E-state index contributed by atoms with van der Waals surface area (Å²) in [6.07, 6.45) is 0. The zero-order valence-corrected chi connectivity index (χ0v) is 9.76. The van der Waals surface area contributed by atoms with Crippen molar-refractivity contribution in [2.75, 3.05) is 7.11 Å². The molecule has 0 amide bonds. The average molecular weight is 273 g/mol. The van der Waals surface area contributed by atoms with Crippen molar-refractivity contribution in [3.05, 3.63) is 33.9 Å². The molecule has 1 heterocycles. The normalized spacial score (nSPS) is 10.5. The molecule has 14 heavy (non-hydrogen) atoms. The van der Waals surface area contributed by atoms with Crippen LogP contribution in [0.3, 0.4) is 0 Å². The standard InChI is InChI=1S/C10H7BrClNO/c1-14-9-4-2-3-8-6(9)5-7(11)10(12)13-8/h2-5H,1H3. The van der Waals surface area contributed by atoms with E-state index in [2.05, 4.69) is 20.9 Å². The van der Waals surface area contributed by atoms with Crippen molar-refractivity contribution in [3.63, 3.8) is 0 Å². The minimum atomic E-state index is 0.464. The van der Waals surface area contributed by atoms with E-state index in [1.807, 2.05) is 24.3 Å². The molecule has 0 N–H and O–H groups in total. The Hall–Kier alpha value is -0.800. The molecule has 2 aromatic rings. The summed E-state index contributed by atoms with van der Waals surface area (Å²) >= 11 is 9.21. The number of ether oxygens (including phenoxy) is 1. The van der Waals surface area contributed by atoms with Gasteiger partial charge < -0.3 is 4.74 Å². The second-order valence-electron chi connectivity index (χ2n) is 2.79. The number of methoxy groups -OCH3 is 1. The lowest BCUT2D eigenvalue weighted by Gasteiger charge is -2.05. The van der Waals surface area contributed by atoms with Gasteiger partial charge in [0.15, 0.2) is 0 Å². The maximum atomic E-state index is 5.88.